The molecule has 4 nitrogen and oxygen atoms in total. The molecule has 2 aromatic carbocycles. The largest absolute Gasteiger partial charge is 0.378 e. The van der Waals surface area contributed by atoms with Crippen LogP contribution in [0.25, 0.3) is 0 Å². The van der Waals surface area contributed by atoms with Crippen LogP contribution in [0.2, 0.25) is 10.0 Å². The molecule has 0 saturated heterocycles. The summed E-state index contributed by atoms with van der Waals surface area (Å²) >= 11 is 11.9. The quantitative estimate of drug-likeness (QED) is 0.633. The van der Waals surface area contributed by atoms with Crippen molar-refractivity contribution in [1.82, 2.24) is 0 Å². The zero-order valence-electron chi connectivity index (χ0n) is 10.6. The second-order valence-corrected chi connectivity index (χ2v) is 5.25. The molecular formula is C14H12Cl2N2O2. The summed E-state index contributed by atoms with van der Waals surface area (Å²) in [6, 6.07) is 11.5. The van der Waals surface area contributed by atoms with Crippen molar-refractivity contribution in [1.29, 1.82) is 0 Å². The summed E-state index contributed by atoms with van der Waals surface area (Å²) in [4.78, 5) is 10.4. The van der Waals surface area contributed by atoms with Crippen molar-refractivity contribution in [3.05, 3.63) is 68.2 Å². The first-order valence-corrected chi connectivity index (χ1v) is 6.68. The van der Waals surface area contributed by atoms with E-state index in [1.165, 1.54) is 6.07 Å². The zero-order valence-corrected chi connectivity index (χ0v) is 12.2. The van der Waals surface area contributed by atoms with Crippen molar-refractivity contribution >= 4 is 34.6 Å². The number of hydrogen-bond acceptors (Lipinski definition) is 3. The molecule has 6 heteroatoms. The summed E-state index contributed by atoms with van der Waals surface area (Å²) in [6.07, 6.45) is 0. The van der Waals surface area contributed by atoms with Gasteiger partial charge in [-0.25, -0.2) is 0 Å². The van der Waals surface area contributed by atoms with E-state index in [1.807, 2.05) is 13.0 Å². The monoisotopic (exact) mass is 310 g/mol. The van der Waals surface area contributed by atoms with Crippen LogP contribution in [0, 0.1) is 10.1 Å². The van der Waals surface area contributed by atoms with Crippen LogP contribution in [-0.4, -0.2) is 4.92 Å². The number of nitro benzene ring substituents is 1. The van der Waals surface area contributed by atoms with Crippen LogP contribution < -0.4 is 5.32 Å². The Balaban J connectivity index is 2.21. The Morgan fingerprint density at radius 1 is 1.15 bits per heavy atom. The van der Waals surface area contributed by atoms with Gasteiger partial charge >= 0.3 is 0 Å². The summed E-state index contributed by atoms with van der Waals surface area (Å²) in [5.41, 5.74) is 1.65. The van der Waals surface area contributed by atoms with Gasteiger partial charge in [0.25, 0.3) is 5.69 Å². The summed E-state index contributed by atoms with van der Waals surface area (Å²) < 4.78 is 0. The molecule has 1 atom stereocenters. The van der Waals surface area contributed by atoms with E-state index in [2.05, 4.69) is 5.32 Å². The first-order chi connectivity index (χ1) is 9.45. The summed E-state index contributed by atoms with van der Waals surface area (Å²) in [5.74, 6) is 0. The minimum absolute atomic E-state index is 0.0697. The third kappa shape index (κ3) is 3.62. The van der Waals surface area contributed by atoms with Crippen molar-refractivity contribution in [2.45, 2.75) is 13.0 Å². The van der Waals surface area contributed by atoms with Crippen LogP contribution in [0.15, 0.2) is 42.5 Å². The highest BCUT2D eigenvalue weighted by atomic mass is 35.5. The predicted octanol–water partition coefficient (Wildman–Crippen LogP) is 5.07. The molecule has 0 fully saturated rings. The van der Waals surface area contributed by atoms with Crippen molar-refractivity contribution in [2.75, 3.05) is 5.32 Å². The van der Waals surface area contributed by atoms with Crippen molar-refractivity contribution < 1.29 is 4.92 Å². The van der Waals surface area contributed by atoms with Gasteiger partial charge in [0, 0.05) is 33.9 Å². The smallest absolute Gasteiger partial charge is 0.269 e. The third-order valence-electron chi connectivity index (χ3n) is 2.83. The molecule has 0 bridgehead atoms. The lowest BCUT2D eigenvalue weighted by atomic mass is 10.1. The topological polar surface area (TPSA) is 55.2 Å². The third-order valence-corrected chi connectivity index (χ3v) is 3.26. The van der Waals surface area contributed by atoms with Crippen LogP contribution >= 0.6 is 23.2 Å². The lowest BCUT2D eigenvalue weighted by Gasteiger charge is -2.16. The van der Waals surface area contributed by atoms with Gasteiger partial charge in [-0.15, -0.1) is 0 Å². The highest BCUT2D eigenvalue weighted by Crippen LogP contribution is 2.27. The molecule has 0 aromatic heterocycles. The van der Waals surface area contributed by atoms with Gasteiger partial charge in [-0.2, -0.15) is 0 Å². The molecule has 0 saturated carbocycles. The first-order valence-electron chi connectivity index (χ1n) is 5.92. The minimum atomic E-state index is -0.410. The molecule has 0 heterocycles. The van der Waals surface area contributed by atoms with Crippen molar-refractivity contribution in [3.8, 4) is 0 Å². The number of benzene rings is 2. The van der Waals surface area contributed by atoms with Crippen molar-refractivity contribution in [3.63, 3.8) is 0 Å². The molecule has 0 spiro atoms. The number of nitrogens with one attached hydrogen (secondary N) is 1. The fourth-order valence-electron chi connectivity index (χ4n) is 1.88. The van der Waals surface area contributed by atoms with Gasteiger partial charge in [0.1, 0.15) is 0 Å². The lowest BCUT2D eigenvalue weighted by molar-refractivity contribution is -0.384. The molecule has 1 N–H and O–H groups in total. The average Bonchev–Trinajstić information content (AvgIpc) is 2.37. The van der Waals surface area contributed by atoms with E-state index in [4.69, 9.17) is 23.2 Å². The van der Waals surface area contributed by atoms with Crippen molar-refractivity contribution in [2.24, 2.45) is 0 Å². The second kappa shape index (κ2) is 6.11. The second-order valence-electron chi connectivity index (χ2n) is 4.38. The molecule has 20 heavy (non-hydrogen) atoms. The first kappa shape index (κ1) is 14.6. The van der Waals surface area contributed by atoms with Gasteiger partial charge in [0.2, 0.25) is 0 Å². The number of rotatable bonds is 4. The maximum Gasteiger partial charge on any atom is 0.269 e. The maximum absolute atomic E-state index is 10.8. The number of non-ortho nitro benzene ring substituents is 1. The molecule has 0 radical (unpaired) electrons. The van der Waals surface area contributed by atoms with Crippen LogP contribution in [0.3, 0.4) is 0 Å². The van der Waals surface area contributed by atoms with Gasteiger partial charge in [-0.1, -0.05) is 35.3 Å². The normalized spacial score (nSPS) is 11.9. The number of hydrogen-bond donors (Lipinski definition) is 1. The van der Waals surface area contributed by atoms with Gasteiger partial charge in [-0.05, 0) is 30.7 Å². The van der Waals surface area contributed by atoms with E-state index in [9.17, 15) is 10.1 Å². The number of nitrogens with zero attached hydrogens (tertiary/aromatic N) is 1. The standard InChI is InChI=1S/C14H12Cl2N2O2/c1-9(10-3-2-4-14(5-10)18(19)20)17-13-7-11(15)6-12(16)8-13/h2-9,17H,1H3. The SMILES string of the molecule is CC(Nc1cc(Cl)cc(Cl)c1)c1cccc([N+](=O)[O-])c1. The summed E-state index contributed by atoms with van der Waals surface area (Å²) in [7, 11) is 0. The van der Waals surface area contributed by atoms with E-state index in [1.54, 1.807) is 30.3 Å². The van der Waals surface area contributed by atoms with E-state index in [-0.39, 0.29) is 11.7 Å². The molecule has 1 unspecified atom stereocenters. The van der Waals surface area contributed by atoms with Crippen LogP contribution in [0.5, 0.6) is 0 Å². The summed E-state index contributed by atoms with van der Waals surface area (Å²) in [6.45, 7) is 1.91. The van der Waals surface area contributed by atoms with Gasteiger partial charge in [0.05, 0.1) is 4.92 Å². The fraction of sp³-hybridized carbons (Fsp3) is 0.143. The Labute approximate surface area is 126 Å². The minimum Gasteiger partial charge on any atom is -0.378 e. The zero-order chi connectivity index (χ0) is 14.7. The molecule has 2 rings (SSSR count). The Morgan fingerprint density at radius 3 is 2.40 bits per heavy atom. The van der Waals surface area contributed by atoms with E-state index < -0.39 is 4.92 Å². The number of anilines is 1. The van der Waals surface area contributed by atoms with Crippen LogP contribution in [0.4, 0.5) is 11.4 Å². The molecule has 0 amide bonds. The number of halogens is 2. The highest BCUT2D eigenvalue weighted by Gasteiger charge is 2.11. The van der Waals surface area contributed by atoms with E-state index >= 15 is 0 Å². The highest BCUT2D eigenvalue weighted by molar-refractivity contribution is 6.35. The Morgan fingerprint density at radius 2 is 1.80 bits per heavy atom. The molecule has 104 valence electrons. The Hall–Kier alpha value is -1.78. The van der Waals surface area contributed by atoms with Crippen LogP contribution in [0.1, 0.15) is 18.5 Å². The molecule has 2 aromatic rings. The fourth-order valence-corrected chi connectivity index (χ4v) is 2.40. The van der Waals surface area contributed by atoms with E-state index in [0.29, 0.717) is 10.0 Å². The molecular weight excluding hydrogens is 299 g/mol. The molecule has 0 aliphatic heterocycles. The Kier molecular flexibility index (Phi) is 4.47. The van der Waals surface area contributed by atoms with Crippen LogP contribution in [-0.2, 0) is 0 Å². The number of nitro groups is 1. The lowest BCUT2D eigenvalue weighted by Crippen LogP contribution is -2.07. The summed E-state index contributed by atoms with van der Waals surface area (Å²) in [5, 5.41) is 15.1. The van der Waals surface area contributed by atoms with Gasteiger partial charge in [0.15, 0.2) is 0 Å². The Bertz CT molecular complexity index is 627. The predicted molar refractivity (Wildman–Crippen MR) is 81.6 cm³/mol. The van der Waals surface area contributed by atoms with Gasteiger partial charge in [-0.3, -0.25) is 10.1 Å². The molecule has 0 aliphatic carbocycles. The average molecular weight is 311 g/mol. The molecule has 0 aliphatic rings. The maximum atomic E-state index is 10.8. The van der Waals surface area contributed by atoms with E-state index in [0.717, 1.165) is 11.3 Å². The van der Waals surface area contributed by atoms with Gasteiger partial charge < -0.3 is 5.32 Å².